The van der Waals surface area contributed by atoms with Gasteiger partial charge in [0.1, 0.15) is 22.4 Å². The first kappa shape index (κ1) is 14.9. The van der Waals surface area contributed by atoms with E-state index in [0.29, 0.717) is 12.3 Å². The molecule has 1 heterocycles. The predicted octanol–water partition coefficient (Wildman–Crippen LogP) is 3.97. The third kappa shape index (κ3) is 4.02. The Balaban J connectivity index is 2.10. The molecule has 0 atom stereocenters. The molecule has 0 aliphatic carbocycles. The van der Waals surface area contributed by atoms with E-state index in [0.717, 1.165) is 21.4 Å². The summed E-state index contributed by atoms with van der Waals surface area (Å²) >= 11 is 2.79. The summed E-state index contributed by atoms with van der Waals surface area (Å²) in [6.07, 6.45) is 3.50. The maximum Gasteiger partial charge on any atom is 0.244 e. The fourth-order valence-electron chi connectivity index (χ4n) is 1.55. The maximum atomic E-state index is 11.8. The average molecular weight is 305 g/mol. The smallest absolute Gasteiger partial charge is 0.244 e. The van der Waals surface area contributed by atoms with Crippen LogP contribution < -0.4 is 4.74 Å². The second kappa shape index (κ2) is 7.36. The molecule has 1 aliphatic heterocycles. The first-order valence-electron chi connectivity index (χ1n) is 6.22. The van der Waals surface area contributed by atoms with Gasteiger partial charge in [0.25, 0.3) is 0 Å². The zero-order chi connectivity index (χ0) is 14.4. The Hall–Kier alpha value is -1.46. The summed E-state index contributed by atoms with van der Waals surface area (Å²) in [5, 5.41) is 0.00735. The lowest BCUT2D eigenvalue weighted by atomic mass is 10.2. The van der Waals surface area contributed by atoms with E-state index >= 15 is 0 Å². The SMILES string of the molecule is C=CCOc1ccc(C=C2N=C(SCC)SC2=O)cc1. The first-order valence-corrected chi connectivity index (χ1v) is 8.02. The van der Waals surface area contributed by atoms with Crippen LogP contribution in [0.1, 0.15) is 12.5 Å². The average Bonchev–Trinajstić information content (AvgIpc) is 2.79. The van der Waals surface area contributed by atoms with Crippen molar-refractivity contribution >= 4 is 39.1 Å². The minimum absolute atomic E-state index is 0.00735. The van der Waals surface area contributed by atoms with Crippen molar-refractivity contribution in [2.75, 3.05) is 12.4 Å². The molecular weight excluding hydrogens is 290 g/mol. The molecule has 104 valence electrons. The second-order valence-electron chi connectivity index (χ2n) is 3.90. The molecule has 0 radical (unpaired) electrons. The summed E-state index contributed by atoms with van der Waals surface area (Å²) < 4.78 is 6.24. The van der Waals surface area contributed by atoms with Crippen molar-refractivity contribution in [2.45, 2.75) is 6.92 Å². The number of hydrogen-bond donors (Lipinski definition) is 0. The lowest BCUT2D eigenvalue weighted by molar-refractivity contribution is -0.107. The van der Waals surface area contributed by atoms with Crippen LogP contribution in [-0.2, 0) is 4.79 Å². The van der Waals surface area contributed by atoms with Crippen molar-refractivity contribution in [3.63, 3.8) is 0 Å². The van der Waals surface area contributed by atoms with Gasteiger partial charge in [-0.2, -0.15) is 0 Å². The number of hydrogen-bond acceptors (Lipinski definition) is 5. The van der Waals surface area contributed by atoms with Crippen molar-refractivity contribution in [1.29, 1.82) is 0 Å². The van der Waals surface area contributed by atoms with Crippen molar-refractivity contribution in [3.8, 4) is 5.75 Å². The fraction of sp³-hybridized carbons (Fsp3) is 0.200. The molecule has 1 aromatic carbocycles. The van der Waals surface area contributed by atoms with Crippen molar-refractivity contribution in [1.82, 2.24) is 0 Å². The van der Waals surface area contributed by atoms with Gasteiger partial charge in [0.2, 0.25) is 5.12 Å². The first-order chi connectivity index (χ1) is 9.72. The molecule has 20 heavy (non-hydrogen) atoms. The topological polar surface area (TPSA) is 38.7 Å². The van der Waals surface area contributed by atoms with Crippen LogP contribution in [0.15, 0.2) is 47.6 Å². The van der Waals surface area contributed by atoms with Gasteiger partial charge in [0.15, 0.2) is 0 Å². The van der Waals surface area contributed by atoms with E-state index in [-0.39, 0.29) is 5.12 Å². The van der Waals surface area contributed by atoms with E-state index in [1.54, 1.807) is 23.9 Å². The molecule has 0 spiro atoms. The highest BCUT2D eigenvalue weighted by atomic mass is 32.2. The van der Waals surface area contributed by atoms with Gasteiger partial charge in [-0.3, -0.25) is 4.79 Å². The van der Waals surface area contributed by atoms with Crippen LogP contribution in [0.3, 0.4) is 0 Å². The highest BCUT2D eigenvalue weighted by Gasteiger charge is 2.21. The van der Waals surface area contributed by atoms with E-state index in [4.69, 9.17) is 4.74 Å². The highest BCUT2D eigenvalue weighted by molar-refractivity contribution is 8.45. The van der Waals surface area contributed by atoms with E-state index < -0.39 is 0 Å². The van der Waals surface area contributed by atoms with Gasteiger partial charge in [-0.25, -0.2) is 4.99 Å². The summed E-state index contributed by atoms with van der Waals surface area (Å²) in [6, 6.07) is 7.55. The van der Waals surface area contributed by atoms with E-state index in [9.17, 15) is 4.79 Å². The standard InChI is InChI=1S/C15H15NO2S2/c1-3-9-18-12-7-5-11(6-8-12)10-13-14(17)20-15(16-13)19-4-2/h3,5-8,10H,1,4,9H2,2H3. The molecule has 1 aromatic rings. The van der Waals surface area contributed by atoms with E-state index in [1.807, 2.05) is 31.2 Å². The van der Waals surface area contributed by atoms with Crippen LogP contribution in [0.4, 0.5) is 0 Å². The summed E-state index contributed by atoms with van der Waals surface area (Å²) in [7, 11) is 0. The Kier molecular flexibility index (Phi) is 5.49. The summed E-state index contributed by atoms with van der Waals surface area (Å²) in [6.45, 7) is 6.13. The van der Waals surface area contributed by atoms with Gasteiger partial charge >= 0.3 is 0 Å². The Morgan fingerprint density at radius 1 is 1.40 bits per heavy atom. The largest absolute Gasteiger partial charge is 0.490 e. The van der Waals surface area contributed by atoms with E-state index in [1.165, 1.54) is 11.8 Å². The number of rotatable bonds is 5. The van der Waals surface area contributed by atoms with Crippen LogP contribution in [0.5, 0.6) is 5.75 Å². The predicted molar refractivity (Wildman–Crippen MR) is 88.3 cm³/mol. The van der Waals surface area contributed by atoms with Gasteiger partial charge in [-0.15, -0.1) is 0 Å². The molecule has 0 amide bonds. The van der Waals surface area contributed by atoms with Crippen LogP contribution in [0.25, 0.3) is 6.08 Å². The molecule has 1 aliphatic rings. The summed E-state index contributed by atoms with van der Waals surface area (Å²) in [5.74, 6) is 1.70. The van der Waals surface area contributed by atoms with Gasteiger partial charge < -0.3 is 4.74 Å². The normalized spacial score (nSPS) is 16.4. The summed E-state index contributed by atoms with van der Waals surface area (Å²) in [5.41, 5.74) is 1.44. The molecule has 0 unspecified atom stereocenters. The van der Waals surface area contributed by atoms with Gasteiger partial charge in [-0.05, 0) is 41.3 Å². The fourth-order valence-corrected chi connectivity index (χ4v) is 3.29. The molecule has 0 bridgehead atoms. The monoisotopic (exact) mass is 305 g/mol. The minimum Gasteiger partial charge on any atom is -0.490 e. The number of ether oxygens (including phenoxy) is 1. The van der Waals surface area contributed by atoms with Crippen molar-refractivity contribution in [2.24, 2.45) is 4.99 Å². The Bertz CT molecular complexity index is 562. The van der Waals surface area contributed by atoms with Crippen LogP contribution >= 0.6 is 23.5 Å². The molecule has 3 nitrogen and oxygen atoms in total. The lowest BCUT2D eigenvalue weighted by Gasteiger charge is -2.02. The van der Waals surface area contributed by atoms with Crippen molar-refractivity contribution in [3.05, 3.63) is 48.2 Å². The van der Waals surface area contributed by atoms with Crippen LogP contribution in [0, 0.1) is 0 Å². The molecule has 0 aromatic heterocycles. The number of aliphatic imine (C=N–C) groups is 1. The van der Waals surface area contributed by atoms with Crippen molar-refractivity contribution < 1.29 is 9.53 Å². The van der Waals surface area contributed by atoms with Crippen LogP contribution in [0.2, 0.25) is 0 Å². The number of carbonyl (C=O) groups excluding carboxylic acids is 1. The number of benzene rings is 1. The third-order valence-corrected chi connectivity index (χ3v) is 4.31. The van der Waals surface area contributed by atoms with Gasteiger partial charge in [0.05, 0.1) is 0 Å². The van der Waals surface area contributed by atoms with Crippen LogP contribution in [-0.4, -0.2) is 21.9 Å². The zero-order valence-corrected chi connectivity index (χ0v) is 12.8. The molecular formula is C15H15NO2S2. The minimum atomic E-state index is 0.00735. The highest BCUT2D eigenvalue weighted by Crippen LogP contribution is 2.30. The quantitative estimate of drug-likeness (QED) is 0.609. The molecule has 5 heteroatoms. The van der Waals surface area contributed by atoms with Gasteiger partial charge in [-0.1, -0.05) is 43.5 Å². The number of thioether (sulfide) groups is 2. The zero-order valence-electron chi connectivity index (χ0n) is 11.2. The Morgan fingerprint density at radius 2 is 2.15 bits per heavy atom. The molecule has 2 rings (SSSR count). The summed E-state index contributed by atoms with van der Waals surface area (Å²) in [4.78, 5) is 16.1. The number of nitrogens with zero attached hydrogens (tertiary/aromatic N) is 1. The third-order valence-electron chi connectivity index (χ3n) is 2.42. The number of carbonyl (C=O) groups is 1. The molecule has 0 saturated carbocycles. The second-order valence-corrected chi connectivity index (χ2v) is 6.37. The van der Waals surface area contributed by atoms with Gasteiger partial charge in [0, 0.05) is 0 Å². The molecule has 0 N–H and O–H groups in total. The lowest BCUT2D eigenvalue weighted by Crippen LogP contribution is -1.92. The molecule has 0 saturated heterocycles. The molecule has 0 fully saturated rings. The Labute approximate surface area is 127 Å². The maximum absolute atomic E-state index is 11.8. The van der Waals surface area contributed by atoms with E-state index in [2.05, 4.69) is 11.6 Å². The Morgan fingerprint density at radius 3 is 2.80 bits per heavy atom.